The minimum atomic E-state index is -0.128. The first-order valence-corrected chi connectivity index (χ1v) is 9.14. The van der Waals surface area contributed by atoms with E-state index >= 15 is 0 Å². The van der Waals surface area contributed by atoms with Crippen molar-refractivity contribution in [3.8, 4) is 0 Å². The summed E-state index contributed by atoms with van der Waals surface area (Å²) in [7, 11) is 0. The van der Waals surface area contributed by atoms with Gasteiger partial charge >= 0.3 is 0 Å². The summed E-state index contributed by atoms with van der Waals surface area (Å²) in [5, 5.41) is 6.51. The van der Waals surface area contributed by atoms with Gasteiger partial charge in [-0.2, -0.15) is 0 Å². The molecule has 2 aromatic carbocycles. The van der Waals surface area contributed by atoms with Crippen LogP contribution in [-0.4, -0.2) is 30.5 Å². The highest BCUT2D eigenvalue weighted by Crippen LogP contribution is 2.24. The van der Waals surface area contributed by atoms with Crippen LogP contribution >= 0.6 is 0 Å². The molecule has 0 aliphatic carbocycles. The molecule has 27 heavy (non-hydrogen) atoms. The molecule has 3 aromatic rings. The zero-order valence-electron chi connectivity index (χ0n) is 15.0. The minimum Gasteiger partial charge on any atom is -0.368 e. The van der Waals surface area contributed by atoms with Crippen LogP contribution in [-0.2, 0) is 0 Å². The quantitative estimate of drug-likeness (QED) is 0.750. The average Bonchev–Trinajstić information content (AvgIpc) is 2.75. The Kier molecular flexibility index (Phi) is 5.12. The summed E-state index contributed by atoms with van der Waals surface area (Å²) in [6.45, 7) is 2.83. The summed E-state index contributed by atoms with van der Waals surface area (Å²) in [6, 6.07) is 22.3. The van der Waals surface area contributed by atoms with Crippen molar-refractivity contribution in [2.24, 2.45) is 0 Å². The Morgan fingerprint density at radius 3 is 2.48 bits per heavy atom. The van der Waals surface area contributed by atoms with Gasteiger partial charge in [-0.25, -0.2) is 0 Å². The third-order valence-electron chi connectivity index (χ3n) is 4.81. The Morgan fingerprint density at radius 1 is 1.00 bits per heavy atom. The topological polar surface area (TPSA) is 57.3 Å². The summed E-state index contributed by atoms with van der Waals surface area (Å²) in [5.74, 6) is -0.128. The lowest BCUT2D eigenvalue weighted by molar-refractivity contribution is 0.102. The van der Waals surface area contributed by atoms with Gasteiger partial charge in [-0.15, -0.1) is 0 Å². The molecule has 1 fully saturated rings. The molecule has 5 heteroatoms. The van der Waals surface area contributed by atoms with E-state index in [0.717, 1.165) is 25.3 Å². The van der Waals surface area contributed by atoms with E-state index in [-0.39, 0.29) is 5.91 Å². The molecule has 1 aliphatic rings. The maximum absolute atomic E-state index is 12.2. The number of carbonyl (C=O) groups excluding carboxylic acids is 1. The van der Waals surface area contributed by atoms with Gasteiger partial charge in [0, 0.05) is 55.0 Å². The Morgan fingerprint density at radius 2 is 1.74 bits per heavy atom. The first-order valence-electron chi connectivity index (χ1n) is 9.14. The third-order valence-corrected chi connectivity index (χ3v) is 4.81. The number of hydrogen-bond acceptors (Lipinski definition) is 4. The van der Waals surface area contributed by atoms with Crippen molar-refractivity contribution in [3.05, 3.63) is 90.3 Å². The van der Waals surface area contributed by atoms with Crippen LogP contribution in [0.25, 0.3) is 0 Å². The largest absolute Gasteiger partial charge is 0.368 e. The Balaban J connectivity index is 1.42. The van der Waals surface area contributed by atoms with E-state index < -0.39 is 0 Å². The number of nitrogens with one attached hydrogen (secondary N) is 2. The van der Waals surface area contributed by atoms with E-state index in [1.54, 1.807) is 24.5 Å². The molecule has 4 rings (SSSR count). The zero-order chi connectivity index (χ0) is 18.5. The Labute approximate surface area is 159 Å². The van der Waals surface area contributed by atoms with Crippen LogP contribution in [0.2, 0.25) is 0 Å². The Hall–Kier alpha value is -3.18. The highest BCUT2D eigenvalue weighted by atomic mass is 16.1. The average molecular weight is 358 g/mol. The number of benzene rings is 2. The van der Waals surface area contributed by atoms with Crippen molar-refractivity contribution < 1.29 is 4.79 Å². The first kappa shape index (κ1) is 17.2. The summed E-state index contributed by atoms with van der Waals surface area (Å²) >= 11 is 0. The van der Waals surface area contributed by atoms with E-state index in [2.05, 4.69) is 56.9 Å². The molecule has 136 valence electrons. The second kappa shape index (κ2) is 8.01. The number of nitrogens with zero attached hydrogens (tertiary/aromatic N) is 2. The molecule has 1 saturated heterocycles. The van der Waals surface area contributed by atoms with Gasteiger partial charge < -0.3 is 15.5 Å². The number of hydrogen-bond donors (Lipinski definition) is 2. The van der Waals surface area contributed by atoms with Gasteiger partial charge in [0.05, 0.1) is 0 Å². The fourth-order valence-corrected chi connectivity index (χ4v) is 3.36. The number of rotatable bonds is 4. The van der Waals surface area contributed by atoms with Crippen molar-refractivity contribution in [1.82, 2.24) is 10.3 Å². The molecule has 5 nitrogen and oxygen atoms in total. The van der Waals surface area contributed by atoms with E-state index in [0.29, 0.717) is 11.6 Å². The maximum Gasteiger partial charge on any atom is 0.255 e. The number of aromatic nitrogens is 1. The number of amides is 1. The van der Waals surface area contributed by atoms with Gasteiger partial charge in [0.2, 0.25) is 0 Å². The fourth-order valence-electron chi connectivity index (χ4n) is 3.36. The van der Waals surface area contributed by atoms with Crippen LogP contribution in [0.3, 0.4) is 0 Å². The molecule has 0 spiro atoms. The predicted octanol–water partition coefficient (Wildman–Crippen LogP) is 3.48. The lowest BCUT2D eigenvalue weighted by Crippen LogP contribution is -2.45. The summed E-state index contributed by atoms with van der Waals surface area (Å²) in [5.41, 5.74) is 3.86. The van der Waals surface area contributed by atoms with Gasteiger partial charge in [0.25, 0.3) is 5.91 Å². The summed E-state index contributed by atoms with van der Waals surface area (Å²) < 4.78 is 0. The van der Waals surface area contributed by atoms with E-state index in [9.17, 15) is 4.79 Å². The van der Waals surface area contributed by atoms with Crippen LogP contribution in [0.4, 0.5) is 11.4 Å². The third kappa shape index (κ3) is 4.15. The second-order valence-corrected chi connectivity index (χ2v) is 6.60. The zero-order valence-corrected chi connectivity index (χ0v) is 15.0. The molecule has 2 N–H and O–H groups in total. The fraction of sp³-hybridized carbons (Fsp3) is 0.182. The van der Waals surface area contributed by atoms with Crippen molar-refractivity contribution in [3.63, 3.8) is 0 Å². The lowest BCUT2D eigenvalue weighted by atomic mass is 10.0. The first-order chi connectivity index (χ1) is 13.3. The molecule has 0 bridgehead atoms. The molecular weight excluding hydrogens is 336 g/mol. The van der Waals surface area contributed by atoms with Crippen LogP contribution in [0.1, 0.15) is 22.0 Å². The minimum absolute atomic E-state index is 0.128. The van der Waals surface area contributed by atoms with Crippen molar-refractivity contribution >= 4 is 17.3 Å². The molecule has 1 unspecified atom stereocenters. The van der Waals surface area contributed by atoms with E-state index in [1.807, 2.05) is 18.2 Å². The predicted molar refractivity (Wildman–Crippen MR) is 108 cm³/mol. The molecular formula is C22H22N4O. The van der Waals surface area contributed by atoms with Crippen molar-refractivity contribution in [1.29, 1.82) is 0 Å². The van der Waals surface area contributed by atoms with Gasteiger partial charge in [-0.05, 0) is 42.0 Å². The van der Waals surface area contributed by atoms with Gasteiger partial charge in [0.1, 0.15) is 0 Å². The highest BCUT2D eigenvalue weighted by molar-refractivity contribution is 6.04. The van der Waals surface area contributed by atoms with E-state index in [1.165, 1.54) is 11.3 Å². The highest BCUT2D eigenvalue weighted by Gasteiger charge is 2.20. The number of piperazine rings is 1. The second-order valence-electron chi connectivity index (χ2n) is 6.60. The number of pyridine rings is 1. The van der Waals surface area contributed by atoms with Crippen LogP contribution in [0.15, 0.2) is 79.1 Å². The Bertz CT molecular complexity index is 881. The van der Waals surface area contributed by atoms with Crippen LogP contribution in [0.5, 0.6) is 0 Å². The van der Waals surface area contributed by atoms with Gasteiger partial charge in [0.15, 0.2) is 0 Å². The maximum atomic E-state index is 12.2. The van der Waals surface area contributed by atoms with Crippen molar-refractivity contribution in [2.45, 2.75) is 6.04 Å². The summed E-state index contributed by atoms with van der Waals surface area (Å²) in [6.07, 6.45) is 3.23. The normalized spacial score (nSPS) is 16.7. The molecule has 1 aromatic heterocycles. The number of carbonyl (C=O) groups is 1. The SMILES string of the molecule is O=C(Nc1ccc(N2CCNC(c3ccccc3)C2)cc1)c1ccncc1. The molecule has 1 atom stereocenters. The molecule has 0 radical (unpaired) electrons. The molecule has 2 heterocycles. The lowest BCUT2D eigenvalue weighted by Gasteiger charge is -2.35. The standard InChI is InChI=1S/C22H22N4O/c27-22(18-10-12-23-13-11-18)25-19-6-8-20(9-7-19)26-15-14-24-21(16-26)17-4-2-1-3-5-17/h1-13,21,24H,14-16H2,(H,25,27). The van der Waals surface area contributed by atoms with Crippen LogP contribution < -0.4 is 15.5 Å². The van der Waals surface area contributed by atoms with E-state index in [4.69, 9.17) is 0 Å². The van der Waals surface area contributed by atoms with Gasteiger partial charge in [-0.1, -0.05) is 30.3 Å². The summed E-state index contributed by atoms with van der Waals surface area (Å²) in [4.78, 5) is 18.6. The van der Waals surface area contributed by atoms with Gasteiger partial charge in [-0.3, -0.25) is 9.78 Å². The molecule has 0 saturated carbocycles. The number of anilines is 2. The molecule has 1 amide bonds. The monoisotopic (exact) mass is 358 g/mol. The molecule has 1 aliphatic heterocycles. The smallest absolute Gasteiger partial charge is 0.255 e. The van der Waals surface area contributed by atoms with Crippen LogP contribution in [0, 0.1) is 0 Å². The van der Waals surface area contributed by atoms with Crippen molar-refractivity contribution in [2.75, 3.05) is 29.9 Å².